The quantitative estimate of drug-likeness (QED) is 0.744. The molecular weight excluding hydrogens is 196 g/mol. The zero-order valence-electron chi connectivity index (χ0n) is 11.4. The summed E-state index contributed by atoms with van der Waals surface area (Å²) in [5, 5.41) is 0. The molecule has 2 N–H and O–H groups in total. The van der Waals surface area contributed by atoms with E-state index in [1.54, 1.807) is 0 Å². The van der Waals surface area contributed by atoms with Crippen molar-refractivity contribution in [2.24, 2.45) is 17.1 Å². The topological polar surface area (TPSA) is 29.3 Å². The standard InChI is InChI=1S/C14H28N2/c1-12-5-7-16(8-6-12)11-13(10-15)9-14(2,3)4/h5,13H,6-11,15H2,1-4H3. The van der Waals surface area contributed by atoms with Gasteiger partial charge in [-0.1, -0.05) is 32.4 Å². The lowest BCUT2D eigenvalue weighted by Crippen LogP contribution is -2.37. The van der Waals surface area contributed by atoms with E-state index in [1.807, 2.05) is 0 Å². The molecule has 0 aromatic carbocycles. The fourth-order valence-corrected chi connectivity index (χ4v) is 2.43. The Morgan fingerprint density at radius 1 is 1.44 bits per heavy atom. The fraction of sp³-hybridized carbons (Fsp3) is 0.857. The summed E-state index contributed by atoms with van der Waals surface area (Å²) in [5.74, 6) is 0.645. The van der Waals surface area contributed by atoms with E-state index >= 15 is 0 Å². The minimum absolute atomic E-state index is 0.394. The highest BCUT2D eigenvalue weighted by Gasteiger charge is 2.20. The molecule has 1 rings (SSSR count). The molecule has 1 aliphatic heterocycles. The van der Waals surface area contributed by atoms with Crippen LogP contribution in [0.25, 0.3) is 0 Å². The van der Waals surface area contributed by atoms with Crippen molar-refractivity contribution in [3.8, 4) is 0 Å². The van der Waals surface area contributed by atoms with Crippen LogP contribution >= 0.6 is 0 Å². The van der Waals surface area contributed by atoms with Gasteiger partial charge in [0, 0.05) is 19.6 Å². The van der Waals surface area contributed by atoms with Gasteiger partial charge in [-0.15, -0.1) is 0 Å². The number of hydrogen-bond acceptors (Lipinski definition) is 2. The van der Waals surface area contributed by atoms with Crippen molar-refractivity contribution in [2.45, 2.75) is 40.5 Å². The predicted molar refractivity (Wildman–Crippen MR) is 71.4 cm³/mol. The van der Waals surface area contributed by atoms with Crippen LogP contribution in [0.2, 0.25) is 0 Å². The van der Waals surface area contributed by atoms with Crippen LogP contribution in [0.3, 0.4) is 0 Å². The molecule has 0 saturated heterocycles. The first-order valence-corrected chi connectivity index (χ1v) is 6.49. The van der Waals surface area contributed by atoms with E-state index < -0.39 is 0 Å². The normalized spacial score (nSPS) is 20.7. The molecule has 0 amide bonds. The van der Waals surface area contributed by atoms with Crippen LogP contribution in [-0.4, -0.2) is 31.1 Å². The highest BCUT2D eigenvalue weighted by molar-refractivity contribution is 5.03. The van der Waals surface area contributed by atoms with E-state index in [1.165, 1.54) is 25.0 Å². The average Bonchev–Trinajstić information content (AvgIpc) is 2.18. The minimum Gasteiger partial charge on any atom is -0.330 e. The van der Waals surface area contributed by atoms with Crippen molar-refractivity contribution < 1.29 is 0 Å². The van der Waals surface area contributed by atoms with Crippen LogP contribution in [0.4, 0.5) is 0 Å². The van der Waals surface area contributed by atoms with Gasteiger partial charge in [-0.2, -0.15) is 0 Å². The molecule has 0 radical (unpaired) electrons. The molecule has 0 spiro atoms. The minimum atomic E-state index is 0.394. The van der Waals surface area contributed by atoms with Gasteiger partial charge in [-0.3, -0.25) is 4.90 Å². The molecule has 94 valence electrons. The van der Waals surface area contributed by atoms with Gasteiger partial charge < -0.3 is 5.73 Å². The first-order chi connectivity index (χ1) is 7.40. The Balaban J connectivity index is 2.39. The van der Waals surface area contributed by atoms with Crippen molar-refractivity contribution in [2.75, 3.05) is 26.2 Å². The van der Waals surface area contributed by atoms with Crippen LogP contribution in [0.1, 0.15) is 40.5 Å². The van der Waals surface area contributed by atoms with E-state index in [4.69, 9.17) is 5.73 Å². The lowest BCUT2D eigenvalue weighted by Gasteiger charge is -2.32. The third kappa shape index (κ3) is 5.13. The summed E-state index contributed by atoms with van der Waals surface area (Å²) < 4.78 is 0. The van der Waals surface area contributed by atoms with Crippen LogP contribution in [0, 0.1) is 11.3 Å². The fourth-order valence-electron chi connectivity index (χ4n) is 2.43. The van der Waals surface area contributed by atoms with Crippen LogP contribution in [-0.2, 0) is 0 Å². The van der Waals surface area contributed by atoms with Crippen molar-refractivity contribution in [1.29, 1.82) is 0 Å². The van der Waals surface area contributed by atoms with Gasteiger partial charge in [0.25, 0.3) is 0 Å². The van der Waals surface area contributed by atoms with E-state index in [-0.39, 0.29) is 0 Å². The van der Waals surface area contributed by atoms with Gasteiger partial charge in [-0.25, -0.2) is 0 Å². The summed E-state index contributed by atoms with van der Waals surface area (Å²) in [6.45, 7) is 13.4. The largest absolute Gasteiger partial charge is 0.330 e. The second-order valence-corrected chi connectivity index (χ2v) is 6.43. The summed E-state index contributed by atoms with van der Waals surface area (Å²) in [6.07, 6.45) is 4.81. The number of nitrogens with zero attached hydrogens (tertiary/aromatic N) is 1. The van der Waals surface area contributed by atoms with Gasteiger partial charge in [0.1, 0.15) is 0 Å². The monoisotopic (exact) mass is 224 g/mol. The molecule has 2 heteroatoms. The van der Waals surface area contributed by atoms with Crippen molar-refractivity contribution in [1.82, 2.24) is 4.90 Å². The van der Waals surface area contributed by atoms with Gasteiger partial charge in [0.05, 0.1) is 0 Å². The molecule has 0 aliphatic carbocycles. The molecule has 1 atom stereocenters. The Morgan fingerprint density at radius 2 is 2.12 bits per heavy atom. The van der Waals surface area contributed by atoms with Crippen molar-refractivity contribution in [3.05, 3.63) is 11.6 Å². The van der Waals surface area contributed by atoms with E-state index in [2.05, 4.69) is 38.7 Å². The summed E-state index contributed by atoms with van der Waals surface area (Å²) in [6, 6.07) is 0. The van der Waals surface area contributed by atoms with Gasteiger partial charge in [-0.05, 0) is 37.6 Å². The summed E-state index contributed by atoms with van der Waals surface area (Å²) in [5.41, 5.74) is 7.82. The van der Waals surface area contributed by atoms with Gasteiger partial charge in [0.15, 0.2) is 0 Å². The molecule has 1 aliphatic rings. The zero-order valence-corrected chi connectivity index (χ0v) is 11.4. The Kier molecular flexibility index (Phi) is 5.00. The zero-order chi connectivity index (χ0) is 12.2. The second kappa shape index (κ2) is 5.83. The average molecular weight is 224 g/mol. The Labute approximate surface area is 101 Å². The molecular formula is C14H28N2. The number of rotatable bonds is 4. The van der Waals surface area contributed by atoms with Gasteiger partial charge >= 0.3 is 0 Å². The molecule has 0 aromatic rings. The van der Waals surface area contributed by atoms with Crippen molar-refractivity contribution >= 4 is 0 Å². The predicted octanol–water partition coefficient (Wildman–Crippen LogP) is 2.65. The molecule has 0 aromatic heterocycles. The third-order valence-electron chi connectivity index (χ3n) is 3.27. The third-order valence-corrected chi connectivity index (χ3v) is 3.27. The van der Waals surface area contributed by atoms with E-state index in [0.717, 1.165) is 19.6 Å². The van der Waals surface area contributed by atoms with Crippen molar-refractivity contribution in [3.63, 3.8) is 0 Å². The summed E-state index contributed by atoms with van der Waals surface area (Å²) >= 11 is 0. The SMILES string of the molecule is CC1=CCN(CC(CN)CC(C)(C)C)CC1. The first-order valence-electron chi connectivity index (χ1n) is 6.49. The molecule has 16 heavy (non-hydrogen) atoms. The number of hydrogen-bond donors (Lipinski definition) is 1. The number of nitrogens with two attached hydrogens (primary N) is 1. The Bertz CT molecular complexity index is 238. The smallest absolute Gasteiger partial charge is 0.0165 e. The van der Waals surface area contributed by atoms with E-state index in [0.29, 0.717) is 11.3 Å². The molecule has 0 fully saturated rings. The lowest BCUT2D eigenvalue weighted by atomic mass is 9.84. The van der Waals surface area contributed by atoms with Gasteiger partial charge in [0.2, 0.25) is 0 Å². The van der Waals surface area contributed by atoms with Crippen LogP contribution in [0.15, 0.2) is 11.6 Å². The Hall–Kier alpha value is -0.340. The molecule has 0 bridgehead atoms. The molecule has 2 nitrogen and oxygen atoms in total. The molecule has 0 saturated carbocycles. The summed E-state index contributed by atoms with van der Waals surface area (Å²) in [4.78, 5) is 2.54. The molecule has 1 heterocycles. The maximum Gasteiger partial charge on any atom is 0.0165 e. The highest BCUT2D eigenvalue weighted by Crippen LogP contribution is 2.25. The summed E-state index contributed by atoms with van der Waals surface area (Å²) in [7, 11) is 0. The second-order valence-electron chi connectivity index (χ2n) is 6.43. The molecule has 1 unspecified atom stereocenters. The Morgan fingerprint density at radius 3 is 2.56 bits per heavy atom. The first kappa shape index (κ1) is 13.7. The van der Waals surface area contributed by atoms with Crippen LogP contribution < -0.4 is 5.73 Å². The maximum absolute atomic E-state index is 5.88. The van der Waals surface area contributed by atoms with E-state index in [9.17, 15) is 0 Å². The maximum atomic E-state index is 5.88. The highest BCUT2D eigenvalue weighted by atomic mass is 15.1. The van der Waals surface area contributed by atoms with Crippen LogP contribution in [0.5, 0.6) is 0 Å². The lowest BCUT2D eigenvalue weighted by molar-refractivity contribution is 0.203.